The Morgan fingerprint density at radius 3 is 2.57 bits per heavy atom. The first-order valence-electron chi connectivity index (χ1n) is 7.25. The van der Waals surface area contributed by atoms with Crippen LogP contribution in [0, 0.1) is 0 Å². The van der Waals surface area contributed by atoms with E-state index in [1.165, 1.54) is 0 Å². The minimum atomic E-state index is -0.0287. The number of carbonyl (C=O) groups excluding carboxylic acids is 1. The number of hydrogen-bond donors (Lipinski definition) is 1. The van der Waals surface area contributed by atoms with Crippen LogP contribution in [-0.4, -0.2) is 17.4 Å². The molecule has 2 rings (SSSR count). The maximum absolute atomic E-state index is 12.3. The Morgan fingerprint density at radius 2 is 1.90 bits per heavy atom. The first-order valence-corrected chi connectivity index (χ1v) is 7.25. The molecule has 0 unspecified atom stereocenters. The summed E-state index contributed by atoms with van der Waals surface area (Å²) < 4.78 is 0. The van der Waals surface area contributed by atoms with Crippen molar-refractivity contribution in [2.24, 2.45) is 0 Å². The molecule has 1 heterocycles. The number of aromatic nitrogens is 1. The van der Waals surface area contributed by atoms with Gasteiger partial charge in [0.1, 0.15) is 0 Å². The number of nitrogens with zero attached hydrogens (tertiary/aromatic N) is 1. The number of amides is 1. The van der Waals surface area contributed by atoms with Crippen molar-refractivity contribution in [2.45, 2.75) is 19.8 Å². The molecule has 1 aromatic carbocycles. The van der Waals surface area contributed by atoms with E-state index in [9.17, 15) is 4.79 Å². The minimum Gasteiger partial charge on any atom is -0.352 e. The van der Waals surface area contributed by atoms with Crippen LogP contribution >= 0.6 is 0 Å². The van der Waals surface area contributed by atoms with Crippen LogP contribution in [0.3, 0.4) is 0 Å². The fourth-order valence-electron chi connectivity index (χ4n) is 2.11. The van der Waals surface area contributed by atoms with E-state index >= 15 is 0 Å². The molecule has 21 heavy (non-hydrogen) atoms. The predicted octanol–water partition coefficient (Wildman–Crippen LogP) is 3.23. The van der Waals surface area contributed by atoms with Gasteiger partial charge < -0.3 is 5.32 Å². The van der Waals surface area contributed by atoms with Crippen molar-refractivity contribution in [2.75, 3.05) is 6.54 Å². The summed E-state index contributed by atoms with van der Waals surface area (Å²) >= 11 is 0. The van der Waals surface area contributed by atoms with Gasteiger partial charge in [-0.2, -0.15) is 0 Å². The average molecular weight is 280 g/mol. The molecule has 0 aliphatic heterocycles. The normalized spacial score (nSPS) is 11.2. The van der Waals surface area contributed by atoms with Gasteiger partial charge in [-0.1, -0.05) is 49.4 Å². The molecule has 0 atom stereocenters. The van der Waals surface area contributed by atoms with Gasteiger partial charge in [0.25, 0.3) is 5.91 Å². The van der Waals surface area contributed by atoms with Crippen LogP contribution in [0.2, 0.25) is 0 Å². The summed E-state index contributed by atoms with van der Waals surface area (Å²) in [5.74, 6) is -0.0287. The Kier molecular flexibility index (Phi) is 5.71. The molecule has 0 aliphatic carbocycles. The van der Waals surface area contributed by atoms with E-state index in [0.29, 0.717) is 6.54 Å². The molecule has 0 aliphatic rings. The smallest absolute Gasteiger partial charge is 0.251 e. The van der Waals surface area contributed by atoms with Gasteiger partial charge in [0, 0.05) is 30.4 Å². The SMILES string of the molecule is CCC=C(C(=O)NCCc1ccccn1)c1ccccc1. The lowest BCUT2D eigenvalue weighted by Gasteiger charge is -2.09. The quantitative estimate of drug-likeness (QED) is 0.825. The largest absolute Gasteiger partial charge is 0.352 e. The first kappa shape index (κ1) is 15.0. The maximum atomic E-state index is 12.3. The molecule has 1 aromatic heterocycles. The molecule has 0 radical (unpaired) electrons. The molecule has 108 valence electrons. The zero-order valence-electron chi connectivity index (χ0n) is 12.3. The number of hydrogen-bond acceptors (Lipinski definition) is 2. The van der Waals surface area contributed by atoms with Crippen LogP contribution in [0.15, 0.2) is 60.8 Å². The third-order valence-electron chi connectivity index (χ3n) is 3.13. The lowest BCUT2D eigenvalue weighted by atomic mass is 10.0. The van der Waals surface area contributed by atoms with Crippen LogP contribution in [0.1, 0.15) is 24.6 Å². The predicted molar refractivity (Wildman–Crippen MR) is 85.7 cm³/mol. The topological polar surface area (TPSA) is 42.0 Å². The summed E-state index contributed by atoms with van der Waals surface area (Å²) in [5.41, 5.74) is 2.67. The number of allylic oxidation sites excluding steroid dienone is 1. The van der Waals surface area contributed by atoms with Crippen molar-refractivity contribution in [3.8, 4) is 0 Å². The Hall–Kier alpha value is -2.42. The van der Waals surface area contributed by atoms with Crippen LogP contribution < -0.4 is 5.32 Å². The second-order valence-corrected chi connectivity index (χ2v) is 4.72. The highest BCUT2D eigenvalue weighted by Crippen LogP contribution is 2.14. The zero-order chi connectivity index (χ0) is 14.9. The highest BCUT2D eigenvalue weighted by Gasteiger charge is 2.10. The van der Waals surface area contributed by atoms with Crippen molar-refractivity contribution >= 4 is 11.5 Å². The Bertz CT molecular complexity index is 591. The minimum absolute atomic E-state index is 0.0287. The van der Waals surface area contributed by atoms with Crippen LogP contribution in [0.4, 0.5) is 0 Å². The van der Waals surface area contributed by atoms with Gasteiger partial charge in [0.05, 0.1) is 0 Å². The molecular formula is C18H20N2O. The highest BCUT2D eigenvalue weighted by molar-refractivity contribution is 6.19. The van der Waals surface area contributed by atoms with E-state index in [2.05, 4.69) is 10.3 Å². The van der Waals surface area contributed by atoms with Gasteiger partial charge >= 0.3 is 0 Å². The van der Waals surface area contributed by atoms with Gasteiger partial charge in [-0.25, -0.2) is 0 Å². The number of carbonyl (C=O) groups is 1. The Morgan fingerprint density at radius 1 is 1.14 bits per heavy atom. The molecule has 0 saturated carbocycles. The third kappa shape index (κ3) is 4.56. The highest BCUT2D eigenvalue weighted by atomic mass is 16.1. The first-order chi connectivity index (χ1) is 10.3. The van der Waals surface area contributed by atoms with Crippen LogP contribution in [-0.2, 0) is 11.2 Å². The van der Waals surface area contributed by atoms with Crippen molar-refractivity contribution in [1.29, 1.82) is 0 Å². The monoisotopic (exact) mass is 280 g/mol. The number of nitrogens with one attached hydrogen (secondary N) is 1. The summed E-state index contributed by atoms with van der Waals surface area (Å²) in [6, 6.07) is 15.6. The fraction of sp³-hybridized carbons (Fsp3) is 0.222. The summed E-state index contributed by atoms with van der Waals surface area (Å²) in [4.78, 5) is 16.6. The van der Waals surface area contributed by atoms with Gasteiger partial charge in [-0.15, -0.1) is 0 Å². The van der Waals surface area contributed by atoms with E-state index in [4.69, 9.17) is 0 Å². The van der Waals surface area contributed by atoms with Crippen molar-refractivity contribution < 1.29 is 4.79 Å². The lowest BCUT2D eigenvalue weighted by Crippen LogP contribution is -2.26. The summed E-state index contributed by atoms with van der Waals surface area (Å²) in [6.45, 7) is 2.62. The molecular weight excluding hydrogens is 260 g/mol. The van der Waals surface area contributed by atoms with Crippen molar-refractivity contribution in [1.82, 2.24) is 10.3 Å². The van der Waals surface area contributed by atoms with Gasteiger partial charge in [-0.3, -0.25) is 9.78 Å². The lowest BCUT2D eigenvalue weighted by molar-refractivity contribution is -0.115. The zero-order valence-corrected chi connectivity index (χ0v) is 12.3. The van der Waals surface area contributed by atoms with Gasteiger partial charge in [0.2, 0.25) is 0 Å². The molecule has 0 saturated heterocycles. The van der Waals surface area contributed by atoms with E-state index in [1.807, 2.05) is 61.5 Å². The average Bonchev–Trinajstić information content (AvgIpc) is 2.54. The van der Waals surface area contributed by atoms with E-state index in [-0.39, 0.29) is 5.91 Å². The number of benzene rings is 1. The fourth-order valence-corrected chi connectivity index (χ4v) is 2.11. The van der Waals surface area contributed by atoms with Gasteiger partial charge in [0.15, 0.2) is 0 Å². The number of pyridine rings is 1. The van der Waals surface area contributed by atoms with E-state index < -0.39 is 0 Å². The van der Waals surface area contributed by atoms with Crippen molar-refractivity contribution in [3.63, 3.8) is 0 Å². The molecule has 3 heteroatoms. The molecule has 0 spiro atoms. The van der Waals surface area contributed by atoms with Crippen LogP contribution in [0.5, 0.6) is 0 Å². The maximum Gasteiger partial charge on any atom is 0.251 e. The van der Waals surface area contributed by atoms with Crippen LogP contribution in [0.25, 0.3) is 5.57 Å². The molecule has 3 nitrogen and oxygen atoms in total. The molecule has 1 amide bonds. The molecule has 0 fully saturated rings. The number of rotatable bonds is 6. The molecule has 1 N–H and O–H groups in total. The summed E-state index contributed by atoms with van der Waals surface area (Å²) in [6.07, 6.45) is 5.30. The second-order valence-electron chi connectivity index (χ2n) is 4.72. The van der Waals surface area contributed by atoms with Gasteiger partial charge in [-0.05, 0) is 24.1 Å². The summed E-state index contributed by atoms with van der Waals surface area (Å²) in [5, 5.41) is 2.97. The van der Waals surface area contributed by atoms with E-state index in [1.54, 1.807) is 6.20 Å². The molecule has 0 bridgehead atoms. The standard InChI is InChI=1S/C18H20N2O/c1-2-8-17(15-9-4-3-5-10-15)18(21)20-14-12-16-11-6-7-13-19-16/h3-11,13H,2,12,14H2,1H3,(H,20,21). The van der Waals surface area contributed by atoms with Crippen molar-refractivity contribution in [3.05, 3.63) is 72.1 Å². The molecule has 2 aromatic rings. The van der Waals surface area contributed by atoms with E-state index in [0.717, 1.165) is 29.7 Å². The third-order valence-corrected chi connectivity index (χ3v) is 3.13. The Balaban J connectivity index is 1.96. The second kappa shape index (κ2) is 8.00. The Labute approximate surface area is 125 Å². The summed E-state index contributed by atoms with van der Waals surface area (Å²) in [7, 11) is 0.